The Morgan fingerprint density at radius 2 is 2.10 bits per heavy atom. The van der Waals surface area contributed by atoms with Crippen molar-refractivity contribution in [3.05, 3.63) is 41.0 Å². The molecular weight excluding hydrogens is 278 g/mol. The summed E-state index contributed by atoms with van der Waals surface area (Å²) in [5.41, 5.74) is 0. The number of hydrogen-bond donors (Lipinski definition) is 1. The molecular formula is C14H18ClN3O2. The summed E-state index contributed by atoms with van der Waals surface area (Å²) in [6, 6.07) is 7.59. The van der Waals surface area contributed by atoms with Gasteiger partial charge in [-0.2, -0.15) is 4.98 Å². The smallest absolute Gasteiger partial charge is 0.267 e. The molecule has 0 saturated carbocycles. The summed E-state index contributed by atoms with van der Waals surface area (Å²) in [6.45, 7) is 3.90. The number of likely N-dealkylation sites (N-methyl/N-ethyl adjacent to an activating group) is 1. The number of nitrogens with zero attached hydrogens (tertiary/aromatic N) is 2. The van der Waals surface area contributed by atoms with E-state index in [2.05, 4.69) is 22.4 Å². The molecule has 0 fully saturated rings. The molecule has 1 aromatic heterocycles. The quantitative estimate of drug-likeness (QED) is 0.887. The van der Waals surface area contributed by atoms with Gasteiger partial charge in [0.05, 0.1) is 5.02 Å². The van der Waals surface area contributed by atoms with Gasteiger partial charge in [-0.1, -0.05) is 28.9 Å². The van der Waals surface area contributed by atoms with Crippen LogP contribution in [0.5, 0.6) is 5.75 Å². The zero-order chi connectivity index (χ0) is 14.5. The highest BCUT2D eigenvalue weighted by Gasteiger charge is 2.17. The van der Waals surface area contributed by atoms with Crippen molar-refractivity contribution >= 4 is 11.6 Å². The lowest BCUT2D eigenvalue weighted by Crippen LogP contribution is -2.24. The van der Waals surface area contributed by atoms with Gasteiger partial charge in [0.1, 0.15) is 5.75 Å². The van der Waals surface area contributed by atoms with Crippen molar-refractivity contribution in [3.63, 3.8) is 0 Å². The van der Waals surface area contributed by atoms with Crippen molar-refractivity contribution in [2.45, 2.75) is 32.4 Å². The summed E-state index contributed by atoms with van der Waals surface area (Å²) < 4.78 is 11.0. The third-order valence-electron chi connectivity index (χ3n) is 2.95. The molecule has 0 saturated heterocycles. The SMILES string of the molecule is CNC(C)Cc1noc(C(C)Oc2ccccc2Cl)n1. The second-order valence-corrected chi connectivity index (χ2v) is 5.04. The fourth-order valence-corrected chi connectivity index (χ4v) is 1.85. The zero-order valence-electron chi connectivity index (χ0n) is 11.8. The second kappa shape index (κ2) is 6.72. The van der Waals surface area contributed by atoms with Gasteiger partial charge in [-0.05, 0) is 33.0 Å². The first kappa shape index (κ1) is 14.8. The summed E-state index contributed by atoms with van der Waals surface area (Å²) in [4.78, 5) is 4.34. The summed E-state index contributed by atoms with van der Waals surface area (Å²) in [5.74, 6) is 1.71. The Bertz CT molecular complexity index is 559. The summed E-state index contributed by atoms with van der Waals surface area (Å²) >= 11 is 6.05. The van der Waals surface area contributed by atoms with Crippen LogP contribution in [0.15, 0.2) is 28.8 Å². The van der Waals surface area contributed by atoms with E-state index in [1.54, 1.807) is 12.1 Å². The van der Waals surface area contributed by atoms with Crippen molar-refractivity contribution in [2.24, 2.45) is 0 Å². The maximum absolute atomic E-state index is 6.05. The maximum Gasteiger partial charge on any atom is 0.267 e. The molecule has 20 heavy (non-hydrogen) atoms. The van der Waals surface area contributed by atoms with Gasteiger partial charge in [-0.3, -0.25) is 0 Å². The maximum atomic E-state index is 6.05. The van der Waals surface area contributed by atoms with E-state index in [9.17, 15) is 0 Å². The molecule has 0 spiro atoms. The van der Waals surface area contributed by atoms with Crippen molar-refractivity contribution in [2.75, 3.05) is 7.05 Å². The Balaban J connectivity index is 2.03. The number of ether oxygens (including phenoxy) is 1. The molecule has 1 aromatic carbocycles. The Kier molecular flexibility index (Phi) is 4.98. The minimum absolute atomic E-state index is 0.292. The number of halogens is 1. The average molecular weight is 296 g/mol. The van der Waals surface area contributed by atoms with E-state index < -0.39 is 0 Å². The molecule has 0 radical (unpaired) electrons. The van der Waals surface area contributed by atoms with Gasteiger partial charge < -0.3 is 14.6 Å². The largest absolute Gasteiger partial charge is 0.479 e. The third-order valence-corrected chi connectivity index (χ3v) is 3.27. The lowest BCUT2D eigenvalue weighted by Gasteiger charge is -2.11. The van der Waals surface area contributed by atoms with E-state index >= 15 is 0 Å². The molecule has 0 aliphatic heterocycles. The first-order chi connectivity index (χ1) is 9.60. The van der Waals surface area contributed by atoms with Crippen LogP contribution in [-0.2, 0) is 6.42 Å². The van der Waals surface area contributed by atoms with Gasteiger partial charge in [0.25, 0.3) is 5.89 Å². The molecule has 1 heterocycles. The molecule has 0 amide bonds. The van der Waals surface area contributed by atoms with E-state index in [1.807, 2.05) is 26.1 Å². The topological polar surface area (TPSA) is 60.2 Å². The van der Waals surface area contributed by atoms with Crippen molar-refractivity contribution in [1.29, 1.82) is 0 Å². The molecule has 6 heteroatoms. The van der Waals surface area contributed by atoms with Crippen LogP contribution < -0.4 is 10.1 Å². The van der Waals surface area contributed by atoms with Crippen LogP contribution in [0.2, 0.25) is 5.02 Å². The van der Waals surface area contributed by atoms with Crippen molar-refractivity contribution in [3.8, 4) is 5.75 Å². The van der Waals surface area contributed by atoms with Gasteiger partial charge in [0, 0.05) is 12.5 Å². The molecule has 2 rings (SSSR count). The van der Waals surface area contributed by atoms with Crippen molar-refractivity contribution < 1.29 is 9.26 Å². The van der Waals surface area contributed by atoms with Crippen LogP contribution in [0.1, 0.15) is 31.7 Å². The lowest BCUT2D eigenvalue weighted by molar-refractivity contribution is 0.176. The van der Waals surface area contributed by atoms with Crippen LogP contribution >= 0.6 is 11.6 Å². The second-order valence-electron chi connectivity index (χ2n) is 4.63. The van der Waals surface area contributed by atoms with Crippen molar-refractivity contribution in [1.82, 2.24) is 15.5 Å². The number of aromatic nitrogens is 2. The number of para-hydroxylation sites is 1. The zero-order valence-corrected chi connectivity index (χ0v) is 12.5. The molecule has 2 aromatic rings. The molecule has 2 unspecified atom stereocenters. The van der Waals surface area contributed by atoms with Crippen LogP contribution in [0.4, 0.5) is 0 Å². The molecule has 0 aliphatic rings. The van der Waals surface area contributed by atoms with Crippen LogP contribution in [0, 0.1) is 0 Å². The van der Waals surface area contributed by atoms with Crippen LogP contribution in [-0.4, -0.2) is 23.2 Å². The van der Waals surface area contributed by atoms with Gasteiger partial charge in [0.15, 0.2) is 11.9 Å². The first-order valence-electron chi connectivity index (χ1n) is 6.51. The summed E-state index contributed by atoms with van der Waals surface area (Å²) in [7, 11) is 1.90. The van der Waals surface area contributed by atoms with Gasteiger partial charge >= 0.3 is 0 Å². The van der Waals surface area contributed by atoms with E-state index in [0.29, 0.717) is 34.9 Å². The standard InChI is InChI=1S/C14H18ClN3O2/c1-9(16-3)8-13-17-14(20-18-13)10(2)19-12-7-5-4-6-11(12)15/h4-7,9-10,16H,8H2,1-3H3. The Labute approximate surface area is 123 Å². The average Bonchev–Trinajstić information content (AvgIpc) is 2.89. The van der Waals surface area contributed by atoms with E-state index in [-0.39, 0.29) is 6.10 Å². The van der Waals surface area contributed by atoms with E-state index in [1.165, 1.54) is 0 Å². The highest BCUT2D eigenvalue weighted by molar-refractivity contribution is 6.32. The fraction of sp³-hybridized carbons (Fsp3) is 0.429. The third kappa shape index (κ3) is 3.71. The Hall–Kier alpha value is -1.59. The fourth-order valence-electron chi connectivity index (χ4n) is 1.67. The number of hydrogen-bond acceptors (Lipinski definition) is 5. The minimum Gasteiger partial charge on any atom is -0.479 e. The highest BCUT2D eigenvalue weighted by Crippen LogP contribution is 2.27. The first-order valence-corrected chi connectivity index (χ1v) is 6.89. The molecule has 2 atom stereocenters. The highest BCUT2D eigenvalue weighted by atomic mass is 35.5. The molecule has 0 aliphatic carbocycles. The summed E-state index contributed by atoms with van der Waals surface area (Å²) in [5, 5.41) is 7.64. The molecule has 108 valence electrons. The number of nitrogens with one attached hydrogen (secondary N) is 1. The Morgan fingerprint density at radius 1 is 1.35 bits per heavy atom. The van der Waals surface area contributed by atoms with Crippen LogP contribution in [0.3, 0.4) is 0 Å². The van der Waals surface area contributed by atoms with Gasteiger partial charge in [0.2, 0.25) is 0 Å². The normalized spacial score (nSPS) is 14.0. The molecule has 5 nitrogen and oxygen atoms in total. The predicted molar refractivity (Wildman–Crippen MR) is 77.0 cm³/mol. The monoisotopic (exact) mass is 295 g/mol. The van der Waals surface area contributed by atoms with E-state index in [0.717, 1.165) is 0 Å². The van der Waals surface area contributed by atoms with Gasteiger partial charge in [-0.25, -0.2) is 0 Å². The van der Waals surface area contributed by atoms with E-state index in [4.69, 9.17) is 20.9 Å². The molecule has 0 bridgehead atoms. The predicted octanol–water partition coefficient (Wildman–Crippen LogP) is 3.01. The lowest BCUT2D eigenvalue weighted by atomic mass is 10.2. The number of benzene rings is 1. The Morgan fingerprint density at radius 3 is 2.80 bits per heavy atom. The number of rotatable bonds is 6. The van der Waals surface area contributed by atoms with Crippen LogP contribution in [0.25, 0.3) is 0 Å². The van der Waals surface area contributed by atoms with Gasteiger partial charge in [-0.15, -0.1) is 0 Å². The minimum atomic E-state index is -0.346. The molecule has 1 N–H and O–H groups in total. The summed E-state index contributed by atoms with van der Waals surface area (Å²) in [6.07, 6.45) is 0.361.